The lowest BCUT2D eigenvalue weighted by molar-refractivity contribution is -0.143. The fraction of sp³-hybridized carbons (Fsp3) is 0.750. The smallest absolute Gasteiger partial charge is 0.326 e. The van der Waals surface area contributed by atoms with Crippen molar-refractivity contribution in [1.29, 1.82) is 0 Å². The van der Waals surface area contributed by atoms with Crippen LogP contribution >= 0.6 is 0 Å². The topological polar surface area (TPSA) is 95.5 Å². The molecule has 0 aromatic heterocycles. The second-order valence-electron chi connectivity index (χ2n) is 4.85. The summed E-state index contributed by atoms with van der Waals surface area (Å²) in [5.74, 6) is -1.90. The lowest BCUT2D eigenvalue weighted by Gasteiger charge is -2.17. The fourth-order valence-electron chi connectivity index (χ4n) is 1.38. The van der Waals surface area contributed by atoms with Gasteiger partial charge >= 0.3 is 5.97 Å². The van der Waals surface area contributed by atoms with Crippen molar-refractivity contribution in [3.05, 3.63) is 0 Å². The van der Waals surface area contributed by atoms with Crippen LogP contribution < -0.4 is 10.6 Å². The summed E-state index contributed by atoms with van der Waals surface area (Å²) in [6.45, 7) is 7.09. The third-order valence-corrected chi connectivity index (χ3v) is 2.28. The number of carboxylic acids is 1. The predicted octanol–water partition coefficient (Wildman–Crippen LogP) is 0.517. The van der Waals surface area contributed by atoms with E-state index in [0.717, 1.165) is 0 Å². The van der Waals surface area contributed by atoms with Crippen molar-refractivity contribution in [2.75, 3.05) is 0 Å². The normalized spacial score (nSPS) is 12.3. The minimum absolute atomic E-state index is 0.00491. The summed E-state index contributed by atoms with van der Waals surface area (Å²) < 4.78 is 0. The van der Waals surface area contributed by atoms with Gasteiger partial charge in [-0.05, 0) is 19.8 Å². The van der Waals surface area contributed by atoms with Crippen molar-refractivity contribution < 1.29 is 19.5 Å². The number of carbonyl (C=O) groups is 3. The average molecular weight is 258 g/mol. The lowest BCUT2D eigenvalue weighted by atomic mass is 10.0. The van der Waals surface area contributed by atoms with Gasteiger partial charge in [-0.15, -0.1) is 0 Å². The zero-order valence-corrected chi connectivity index (χ0v) is 11.3. The Morgan fingerprint density at radius 3 is 1.72 bits per heavy atom. The van der Waals surface area contributed by atoms with Gasteiger partial charge in [0.25, 0.3) is 0 Å². The van der Waals surface area contributed by atoms with E-state index < -0.39 is 17.9 Å². The van der Waals surface area contributed by atoms with E-state index in [1.165, 1.54) is 0 Å². The first-order valence-corrected chi connectivity index (χ1v) is 6.05. The maximum Gasteiger partial charge on any atom is 0.326 e. The molecule has 0 spiro atoms. The molecule has 0 rings (SSSR count). The Morgan fingerprint density at radius 1 is 0.944 bits per heavy atom. The first-order valence-electron chi connectivity index (χ1n) is 6.05. The maximum atomic E-state index is 11.5. The number of hydrogen-bond donors (Lipinski definition) is 3. The molecule has 6 nitrogen and oxygen atoms in total. The van der Waals surface area contributed by atoms with Gasteiger partial charge in [0, 0.05) is 18.9 Å². The van der Waals surface area contributed by atoms with Gasteiger partial charge in [0.2, 0.25) is 11.8 Å². The molecule has 0 aromatic rings. The minimum atomic E-state index is -1.06. The predicted molar refractivity (Wildman–Crippen MR) is 66.9 cm³/mol. The number of hydrogen-bond acceptors (Lipinski definition) is 3. The zero-order valence-electron chi connectivity index (χ0n) is 11.3. The number of nitrogens with one attached hydrogen (secondary N) is 2. The minimum Gasteiger partial charge on any atom is -0.480 e. The Labute approximate surface area is 107 Å². The number of carboxylic acid groups (broad SMARTS) is 1. The highest BCUT2D eigenvalue weighted by molar-refractivity contribution is 5.87. The molecule has 1 atom stereocenters. The van der Waals surface area contributed by atoms with Gasteiger partial charge in [-0.25, -0.2) is 4.79 Å². The lowest BCUT2D eigenvalue weighted by Crippen LogP contribution is -2.44. The molecule has 104 valence electrons. The van der Waals surface area contributed by atoms with Crippen molar-refractivity contribution in [2.45, 2.75) is 52.6 Å². The average Bonchev–Trinajstić information content (AvgIpc) is 2.21. The molecule has 1 unspecified atom stereocenters. The maximum absolute atomic E-state index is 11.5. The van der Waals surface area contributed by atoms with Crippen LogP contribution in [0.25, 0.3) is 0 Å². The van der Waals surface area contributed by atoms with Crippen LogP contribution in [0.4, 0.5) is 0 Å². The Balaban J connectivity index is 4.11. The number of carbonyl (C=O) groups excluding carboxylic acids is 2. The standard InChI is InChI=1S/C12H22N2O4/c1-7(2)11(12(17)18)14-10(16)6-5-9(15)13-8(3)4/h7-8,11H,5-6H2,1-4H3,(H,13,15)(H,14,16)(H,17,18). The quantitative estimate of drug-likeness (QED) is 0.620. The van der Waals surface area contributed by atoms with Gasteiger partial charge in [-0.1, -0.05) is 13.8 Å². The van der Waals surface area contributed by atoms with Crippen molar-refractivity contribution in [1.82, 2.24) is 10.6 Å². The number of rotatable bonds is 7. The molecular weight excluding hydrogens is 236 g/mol. The third-order valence-electron chi connectivity index (χ3n) is 2.28. The first kappa shape index (κ1) is 16.4. The SMILES string of the molecule is CC(C)NC(=O)CCC(=O)NC(C(=O)O)C(C)C. The Kier molecular flexibility index (Phi) is 7.00. The summed E-state index contributed by atoms with van der Waals surface area (Å²) in [4.78, 5) is 33.7. The van der Waals surface area contributed by atoms with Gasteiger partial charge in [0.15, 0.2) is 0 Å². The van der Waals surface area contributed by atoms with Crippen LogP contribution in [0.2, 0.25) is 0 Å². The molecule has 0 fully saturated rings. The molecule has 0 aliphatic carbocycles. The van der Waals surface area contributed by atoms with Crippen molar-refractivity contribution >= 4 is 17.8 Å². The Hall–Kier alpha value is -1.59. The van der Waals surface area contributed by atoms with Gasteiger partial charge in [-0.3, -0.25) is 9.59 Å². The second kappa shape index (κ2) is 7.68. The zero-order chi connectivity index (χ0) is 14.3. The summed E-state index contributed by atoms with van der Waals surface area (Å²) in [5.41, 5.74) is 0. The van der Waals surface area contributed by atoms with Gasteiger partial charge < -0.3 is 15.7 Å². The van der Waals surface area contributed by atoms with Gasteiger partial charge in [0.05, 0.1) is 0 Å². The summed E-state index contributed by atoms with van der Waals surface area (Å²) in [6.07, 6.45) is 0.0590. The number of aliphatic carboxylic acids is 1. The molecule has 0 aliphatic rings. The largest absolute Gasteiger partial charge is 0.480 e. The highest BCUT2D eigenvalue weighted by Crippen LogP contribution is 2.02. The Bertz CT molecular complexity index is 313. The molecule has 0 bridgehead atoms. The molecule has 0 aromatic carbocycles. The first-order chi connectivity index (χ1) is 8.23. The van der Waals surface area contributed by atoms with Crippen LogP contribution in [-0.4, -0.2) is 35.0 Å². The molecular formula is C12H22N2O4. The molecule has 0 heterocycles. The molecule has 18 heavy (non-hydrogen) atoms. The van der Waals surface area contributed by atoms with Gasteiger partial charge in [-0.2, -0.15) is 0 Å². The molecule has 2 amide bonds. The van der Waals surface area contributed by atoms with Crippen molar-refractivity contribution in [3.63, 3.8) is 0 Å². The number of amides is 2. The van der Waals surface area contributed by atoms with Crippen LogP contribution in [-0.2, 0) is 14.4 Å². The monoisotopic (exact) mass is 258 g/mol. The summed E-state index contributed by atoms with van der Waals surface area (Å²) in [7, 11) is 0. The van der Waals surface area contributed by atoms with E-state index in [-0.39, 0.29) is 30.7 Å². The van der Waals surface area contributed by atoms with E-state index in [4.69, 9.17) is 5.11 Å². The molecule has 3 N–H and O–H groups in total. The second-order valence-corrected chi connectivity index (χ2v) is 4.85. The molecule has 0 saturated carbocycles. The van der Waals surface area contributed by atoms with Crippen LogP contribution in [0, 0.1) is 5.92 Å². The van der Waals surface area contributed by atoms with E-state index in [1.54, 1.807) is 13.8 Å². The third kappa shape index (κ3) is 6.88. The molecule has 0 radical (unpaired) electrons. The summed E-state index contributed by atoms with van der Waals surface area (Å²) >= 11 is 0. The van der Waals surface area contributed by atoms with Crippen molar-refractivity contribution in [3.8, 4) is 0 Å². The van der Waals surface area contributed by atoms with E-state index >= 15 is 0 Å². The van der Waals surface area contributed by atoms with Crippen LogP contribution in [0.5, 0.6) is 0 Å². The van der Waals surface area contributed by atoms with E-state index in [0.29, 0.717) is 0 Å². The fourth-order valence-corrected chi connectivity index (χ4v) is 1.38. The van der Waals surface area contributed by atoms with Crippen LogP contribution in [0.1, 0.15) is 40.5 Å². The molecule has 0 aliphatic heterocycles. The Morgan fingerprint density at radius 2 is 1.39 bits per heavy atom. The van der Waals surface area contributed by atoms with Crippen LogP contribution in [0.3, 0.4) is 0 Å². The highest BCUT2D eigenvalue weighted by Gasteiger charge is 2.23. The van der Waals surface area contributed by atoms with E-state index in [9.17, 15) is 14.4 Å². The van der Waals surface area contributed by atoms with Crippen molar-refractivity contribution in [2.24, 2.45) is 5.92 Å². The van der Waals surface area contributed by atoms with Crippen LogP contribution in [0.15, 0.2) is 0 Å². The molecule has 6 heteroatoms. The van der Waals surface area contributed by atoms with E-state index in [1.807, 2.05) is 13.8 Å². The molecule has 0 saturated heterocycles. The highest BCUT2D eigenvalue weighted by atomic mass is 16.4. The summed E-state index contributed by atoms with van der Waals surface area (Å²) in [5, 5.41) is 14.0. The summed E-state index contributed by atoms with van der Waals surface area (Å²) in [6, 6.07) is -0.881. The van der Waals surface area contributed by atoms with Gasteiger partial charge in [0.1, 0.15) is 6.04 Å². The van der Waals surface area contributed by atoms with E-state index in [2.05, 4.69) is 10.6 Å².